The number of nitrogens with two attached hydrogens (primary N) is 1. The molecule has 4 aromatic rings. The molecule has 0 saturated carbocycles. The van der Waals surface area contributed by atoms with Gasteiger partial charge in [0.05, 0.1) is 33.7 Å². The number of hydrogen-bond acceptors (Lipinski definition) is 6. The van der Waals surface area contributed by atoms with Gasteiger partial charge in [-0.3, -0.25) is 4.98 Å². The van der Waals surface area contributed by atoms with E-state index in [2.05, 4.69) is 10.3 Å². The lowest BCUT2D eigenvalue weighted by molar-refractivity contribution is 0.481. The van der Waals surface area contributed by atoms with Gasteiger partial charge in [-0.05, 0) is 36.2 Å². The first kappa shape index (κ1) is 16.8. The zero-order valence-corrected chi connectivity index (χ0v) is 15.6. The second-order valence-corrected chi connectivity index (χ2v) is 8.97. The van der Waals surface area contributed by atoms with Crippen LogP contribution in [0.15, 0.2) is 59.6 Å². The average molecular weight is 391 g/mol. The zero-order valence-electron chi connectivity index (χ0n) is 14.8. The van der Waals surface area contributed by atoms with Gasteiger partial charge in [-0.15, -0.1) is 0 Å². The summed E-state index contributed by atoms with van der Waals surface area (Å²) in [6, 6.07) is 14.3. The molecule has 1 aromatic heterocycles. The van der Waals surface area contributed by atoms with Crippen molar-refractivity contribution in [3.63, 3.8) is 0 Å². The molecule has 0 aliphatic carbocycles. The van der Waals surface area contributed by atoms with Crippen molar-refractivity contribution in [3.05, 3.63) is 60.3 Å². The zero-order chi connectivity index (χ0) is 19.5. The summed E-state index contributed by atoms with van der Waals surface area (Å²) in [6.45, 7) is 0. The first-order valence-corrected chi connectivity index (χ1v) is 10.5. The van der Waals surface area contributed by atoms with Crippen molar-refractivity contribution >= 4 is 48.6 Å². The highest BCUT2D eigenvalue weighted by molar-refractivity contribution is 7.91. The van der Waals surface area contributed by atoms with Crippen LogP contribution in [0, 0.1) is 0 Å². The Bertz CT molecular complexity index is 1380. The summed E-state index contributed by atoms with van der Waals surface area (Å²) in [5.74, 6) is 0.290. The first-order chi connectivity index (χ1) is 13.5. The van der Waals surface area contributed by atoms with Gasteiger partial charge in [0.15, 0.2) is 9.84 Å². The lowest BCUT2D eigenvalue weighted by atomic mass is 10.0. The van der Waals surface area contributed by atoms with Crippen molar-refractivity contribution in [1.82, 2.24) is 4.98 Å². The van der Waals surface area contributed by atoms with Crippen LogP contribution in [0.3, 0.4) is 0 Å². The number of hydrogen-bond donors (Lipinski definition) is 3. The third-order valence-corrected chi connectivity index (χ3v) is 7.04. The number of nitrogens with zero attached hydrogens (tertiary/aromatic N) is 1. The van der Waals surface area contributed by atoms with Gasteiger partial charge in [0.1, 0.15) is 5.75 Å². The molecule has 0 fully saturated rings. The van der Waals surface area contributed by atoms with Gasteiger partial charge in [0, 0.05) is 21.8 Å². The largest absolute Gasteiger partial charge is 0.507 e. The summed E-state index contributed by atoms with van der Waals surface area (Å²) < 4.78 is 24.7. The van der Waals surface area contributed by atoms with E-state index in [1.165, 1.54) is 0 Å². The van der Waals surface area contributed by atoms with Gasteiger partial charge in [-0.25, -0.2) is 8.42 Å². The Hall–Kier alpha value is -3.32. The predicted octanol–water partition coefficient (Wildman–Crippen LogP) is 3.75. The number of pyridine rings is 1. The van der Waals surface area contributed by atoms with E-state index in [9.17, 15) is 13.5 Å². The third kappa shape index (κ3) is 2.40. The number of fused-ring (bicyclic) bond motifs is 4. The van der Waals surface area contributed by atoms with Crippen molar-refractivity contribution < 1.29 is 13.5 Å². The number of nitrogens with one attached hydrogen (secondary N) is 1. The number of aromatic nitrogens is 1. The van der Waals surface area contributed by atoms with E-state index < -0.39 is 9.84 Å². The Morgan fingerprint density at radius 2 is 1.82 bits per heavy atom. The fourth-order valence-corrected chi connectivity index (χ4v) is 5.46. The Morgan fingerprint density at radius 1 is 1.04 bits per heavy atom. The molecule has 0 bridgehead atoms. The average Bonchev–Trinajstić information content (AvgIpc) is 2.99. The predicted molar refractivity (Wildman–Crippen MR) is 111 cm³/mol. The van der Waals surface area contributed by atoms with Crippen LogP contribution >= 0.6 is 0 Å². The highest BCUT2D eigenvalue weighted by atomic mass is 32.2. The summed E-state index contributed by atoms with van der Waals surface area (Å²) in [7, 11) is -3.27. The lowest BCUT2D eigenvalue weighted by Crippen LogP contribution is -2.02. The molecular weight excluding hydrogens is 374 g/mol. The number of phenols is 1. The highest BCUT2D eigenvalue weighted by Gasteiger charge is 2.29. The molecule has 3 aromatic carbocycles. The molecule has 7 heteroatoms. The molecule has 6 nitrogen and oxygen atoms in total. The van der Waals surface area contributed by atoms with Gasteiger partial charge in [0.2, 0.25) is 0 Å². The van der Waals surface area contributed by atoms with Crippen molar-refractivity contribution in [2.45, 2.75) is 11.3 Å². The van der Waals surface area contributed by atoms with Crippen molar-refractivity contribution in [3.8, 4) is 5.75 Å². The van der Waals surface area contributed by atoms with Crippen LogP contribution in [0.1, 0.15) is 5.56 Å². The third-order valence-electron chi connectivity index (χ3n) is 5.24. The number of nitrogen functional groups attached to an aromatic ring is 1. The monoisotopic (exact) mass is 391 g/mol. The number of rotatable bonds is 2. The van der Waals surface area contributed by atoms with E-state index in [0.717, 1.165) is 27.4 Å². The summed E-state index contributed by atoms with van der Waals surface area (Å²) >= 11 is 0. The normalized spacial score (nSPS) is 15.0. The maximum Gasteiger partial charge on any atom is 0.179 e. The minimum Gasteiger partial charge on any atom is -0.507 e. The van der Waals surface area contributed by atoms with Crippen LogP contribution < -0.4 is 11.1 Å². The Balaban J connectivity index is 1.78. The summed E-state index contributed by atoms with van der Waals surface area (Å²) in [5, 5.41) is 15.8. The van der Waals surface area contributed by atoms with E-state index >= 15 is 0 Å². The summed E-state index contributed by atoms with van der Waals surface area (Å²) in [4.78, 5) is 4.74. The number of aryl methyl sites for hydroxylation is 1. The molecule has 4 N–H and O–H groups in total. The van der Waals surface area contributed by atoms with E-state index in [4.69, 9.17) is 5.73 Å². The van der Waals surface area contributed by atoms with E-state index in [0.29, 0.717) is 28.2 Å². The summed E-state index contributed by atoms with van der Waals surface area (Å²) in [6.07, 6.45) is 2.01. The molecule has 0 spiro atoms. The Kier molecular flexibility index (Phi) is 3.51. The summed E-state index contributed by atoms with van der Waals surface area (Å²) in [5.41, 5.74) is 9.53. The fraction of sp³-hybridized carbons (Fsp3) is 0.0952. The van der Waals surface area contributed by atoms with Crippen LogP contribution in [0.2, 0.25) is 0 Å². The van der Waals surface area contributed by atoms with Gasteiger partial charge >= 0.3 is 0 Å². The number of sulfone groups is 1. The molecule has 28 heavy (non-hydrogen) atoms. The lowest BCUT2D eigenvalue weighted by Gasteiger charge is -2.16. The molecule has 0 unspecified atom stereocenters. The first-order valence-electron chi connectivity index (χ1n) is 8.86. The number of anilines is 3. The maximum atomic E-state index is 12.4. The molecular formula is C21H17N3O3S. The molecule has 2 heterocycles. The number of phenolic OH excluding ortho intramolecular Hbond substituents is 1. The minimum absolute atomic E-state index is 0.0951. The van der Waals surface area contributed by atoms with Crippen molar-refractivity contribution in [2.24, 2.45) is 0 Å². The molecule has 1 aliphatic heterocycles. The second kappa shape index (κ2) is 5.84. The number of benzene rings is 3. The van der Waals surface area contributed by atoms with Gasteiger partial charge in [-0.2, -0.15) is 0 Å². The SMILES string of the molecule is Nc1cnc2ccc3c(c2c1Nc1cccc2c(O)cccc12)CCS3(=O)=O. The Labute approximate surface area is 161 Å². The van der Waals surface area contributed by atoms with Crippen LogP contribution in [0.25, 0.3) is 21.7 Å². The van der Waals surface area contributed by atoms with E-state index in [-0.39, 0.29) is 11.5 Å². The van der Waals surface area contributed by atoms with E-state index in [1.54, 1.807) is 30.5 Å². The van der Waals surface area contributed by atoms with Crippen molar-refractivity contribution in [2.75, 3.05) is 16.8 Å². The molecule has 1 aliphatic rings. The van der Waals surface area contributed by atoms with Crippen LogP contribution in [0.4, 0.5) is 17.1 Å². The Morgan fingerprint density at radius 3 is 2.68 bits per heavy atom. The van der Waals surface area contributed by atoms with Crippen LogP contribution in [-0.2, 0) is 16.3 Å². The molecule has 0 amide bonds. The standard InChI is InChI=1S/C21H17N3O3S/c22-15-11-23-17-7-8-19-14(9-10-28(19,26)27)20(17)21(15)24-16-5-1-4-13-12(16)3-2-6-18(13)25/h1-8,11,25H,9-10,22H2,(H,23,24). The minimum atomic E-state index is -3.27. The quantitative estimate of drug-likeness (QED) is 0.481. The van der Waals surface area contributed by atoms with E-state index in [1.807, 2.05) is 24.3 Å². The molecule has 0 atom stereocenters. The topological polar surface area (TPSA) is 105 Å². The highest BCUT2D eigenvalue weighted by Crippen LogP contribution is 2.40. The number of aromatic hydroxyl groups is 1. The maximum absolute atomic E-state index is 12.4. The molecule has 0 saturated heterocycles. The fourth-order valence-electron chi connectivity index (χ4n) is 3.91. The smallest absolute Gasteiger partial charge is 0.179 e. The second-order valence-electron chi connectivity index (χ2n) is 6.90. The van der Waals surface area contributed by atoms with Crippen LogP contribution in [-0.4, -0.2) is 24.3 Å². The van der Waals surface area contributed by atoms with Gasteiger partial charge in [-0.1, -0.05) is 24.3 Å². The van der Waals surface area contributed by atoms with Crippen LogP contribution in [0.5, 0.6) is 5.75 Å². The van der Waals surface area contributed by atoms with Crippen molar-refractivity contribution in [1.29, 1.82) is 0 Å². The molecule has 5 rings (SSSR count). The van der Waals surface area contributed by atoms with Gasteiger partial charge in [0.25, 0.3) is 0 Å². The molecule has 0 radical (unpaired) electrons. The molecule has 140 valence electrons. The van der Waals surface area contributed by atoms with Gasteiger partial charge < -0.3 is 16.2 Å².